The molecule has 5 heteroatoms. The summed E-state index contributed by atoms with van der Waals surface area (Å²) in [6.45, 7) is 15.8. The van der Waals surface area contributed by atoms with Crippen molar-refractivity contribution in [1.82, 2.24) is 13.7 Å². The highest BCUT2D eigenvalue weighted by atomic mass is 15.1. The number of aromatic nitrogens is 3. The highest BCUT2D eigenvalue weighted by molar-refractivity contribution is 6.15. The quantitative estimate of drug-likeness (QED) is 0.163. The molecule has 0 amide bonds. The molecular weight excluding hydrogens is 671 g/mol. The monoisotopic (exact) mass is 699 g/mol. The van der Waals surface area contributed by atoms with Crippen molar-refractivity contribution in [2.45, 2.75) is 0 Å². The predicted octanol–water partition coefficient (Wildman–Crippen LogP) is 13.7. The third-order valence-electron chi connectivity index (χ3n) is 11.0. The molecule has 3 aromatic heterocycles. The van der Waals surface area contributed by atoms with Gasteiger partial charge in [-0.3, -0.25) is 0 Å². The molecule has 0 saturated heterocycles. The number of rotatable bonds is 4. The maximum Gasteiger partial charge on any atom is 0.189 e. The molecule has 0 fully saturated rings. The van der Waals surface area contributed by atoms with Gasteiger partial charge in [0.2, 0.25) is 0 Å². The number of fused-ring (bicyclic) bond motifs is 9. The average molecular weight is 700 g/mol. The molecule has 11 rings (SSSR count). The second kappa shape index (κ2) is 11.8. The molecule has 0 N–H and O–H groups in total. The zero-order valence-corrected chi connectivity index (χ0v) is 29.5. The fourth-order valence-corrected chi connectivity index (χ4v) is 8.75. The Morgan fingerprint density at radius 1 is 0.345 bits per heavy atom. The minimum Gasteiger partial charge on any atom is -0.311 e. The van der Waals surface area contributed by atoms with Gasteiger partial charge in [0.1, 0.15) is 0 Å². The lowest BCUT2D eigenvalue weighted by atomic mass is 10.0. The highest BCUT2D eigenvalue weighted by Crippen LogP contribution is 2.42. The second-order valence-electron chi connectivity index (χ2n) is 13.9. The Hall–Kier alpha value is -7.86. The Balaban J connectivity index is 1.20. The molecule has 0 saturated carbocycles. The third-order valence-corrected chi connectivity index (χ3v) is 11.0. The van der Waals surface area contributed by atoms with Gasteiger partial charge in [-0.2, -0.15) is 0 Å². The number of para-hydroxylation sites is 5. The fraction of sp³-hybridized carbons (Fsp3) is 0. The Morgan fingerprint density at radius 2 is 0.836 bits per heavy atom. The van der Waals surface area contributed by atoms with E-state index in [9.17, 15) is 0 Å². The lowest BCUT2D eigenvalue weighted by molar-refractivity contribution is 1.13. The van der Waals surface area contributed by atoms with Crippen molar-refractivity contribution in [2.75, 3.05) is 0 Å². The van der Waals surface area contributed by atoms with Crippen LogP contribution in [0.25, 0.3) is 103 Å². The fourth-order valence-electron chi connectivity index (χ4n) is 8.75. The van der Waals surface area contributed by atoms with Gasteiger partial charge in [0.15, 0.2) is 11.4 Å². The van der Waals surface area contributed by atoms with Gasteiger partial charge in [-0.05, 0) is 60.2 Å². The molecular formula is C50H29N5. The third kappa shape index (κ3) is 4.45. The van der Waals surface area contributed by atoms with E-state index in [1.165, 1.54) is 32.6 Å². The summed E-state index contributed by atoms with van der Waals surface area (Å²) in [5.74, 6) is 0. The number of hydrogen-bond donors (Lipinski definition) is 0. The van der Waals surface area contributed by atoms with Crippen molar-refractivity contribution >= 4 is 76.8 Å². The van der Waals surface area contributed by atoms with Crippen LogP contribution in [0.15, 0.2) is 176 Å². The maximum absolute atomic E-state index is 7.96. The summed E-state index contributed by atoms with van der Waals surface area (Å²) in [6, 6.07) is 61.5. The van der Waals surface area contributed by atoms with Crippen LogP contribution in [0.4, 0.5) is 11.4 Å². The molecule has 0 aliphatic rings. The molecule has 11 aromatic rings. The van der Waals surface area contributed by atoms with Crippen molar-refractivity contribution in [2.24, 2.45) is 0 Å². The Labute approximate surface area is 316 Å². The van der Waals surface area contributed by atoms with Crippen LogP contribution in [-0.4, -0.2) is 13.7 Å². The molecule has 3 heterocycles. The van der Waals surface area contributed by atoms with Crippen LogP contribution >= 0.6 is 0 Å². The van der Waals surface area contributed by atoms with E-state index in [0.29, 0.717) is 11.4 Å². The second-order valence-corrected chi connectivity index (χ2v) is 13.9. The molecule has 0 spiro atoms. The molecule has 0 aliphatic heterocycles. The lowest BCUT2D eigenvalue weighted by Gasteiger charge is -2.17. The lowest BCUT2D eigenvalue weighted by Crippen LogP contribution is -2.01. The maximum atomic E-state index is 7.96. The van der Waals surface area contributed by atoms with E-state index < -0.39 is 0 Å². The molecule has 0 radical (unpaired) electrons. The molecule has 5 nitrogen and oxygen atoms in total. The molecule has 0 atom stereocenters. The summed E-state index contributed by atoms with van der Waals surface area (Å²) in [6.07, 6.45) is 0. The first-order valence-electron chi connectivity index (χ1n) is 18.3. The van der Waals surface area contributed by atoms with Gasteiger partial charge in [-0.25, -0.2) is 9.69 Å². The van der Waals surface area contributed by atoms with Crippen molar-refractivity contribution < 1.29 is 0 Å². The van der Waals surface area contributed by atoms with Crippen molar-refractivity contribution in [3.05, 3.63) is 199 Å². The van der Waals surface area contributed by atoms with Gasteiger partial charge in [-0.1, -0.05) is 121 Å². The largest absolute Gasteiger partial charge is 0.311 e. The summed E-state index contributed by atoms with van der Waals surface area (Å²) < 4.78 is 7.03. The van der Waals surface area contributed by atoms with Gasteiger partial charge in [0.05, 0.1) is 46.4 Å². The van der Waals surface area contributed by atoms with Crippen LogP contribution in [0.5, 0.6) is 0 Å². The van der Waals surface area contributed by atoms with E-state index in [2.05, 4.69) is 157 Å². The van der Waals surface area contributed by atoms with Crippen molar-refractivity contribution in [3.8, 4) is 28.2 Å². The van der Waals surface area contributed by atoms with Gasteiger partial charge in [-0.15, -0.1) is 0 Å². The summed E-state index contributed by atoms with van der Waals surface area (Å²) >= 11 is 0. The summed E-state index contributed by atoms with van der Waals surface area (Å²) in [5, 5.41) is 6.99. The molecule has 8 aromatic carbocycles. The Morgan fingerprint density at radius 3 is 1.47 bits per heavy atom. The number of benzene rings is 8. The van der Waals surface area contributed by atoms with Crippen LogP contribution in [0.3, 0.4) is 0 Å². The van der Waals surface area contributed by atoms with E-state index >= 15 is 0 Å². The summed E-state index contributed by atoms with van der Waals surface area (Å²) in [5.41, 5.74) is 12.7. The van der Waals surface area contributed by atoms with E-state index in [1.54, 1.807) is 0 Å². The SMILES string of the molecule is [C-]#[N+]c1ccc(-c2cccc(-n3c4ccccc4c4cccc(-n5c6ccccc6c6ccccc65)c43)c2)c(-n2c3ccccc3c3ccc([N+]#[C-])cc32)c1. The Bertz CT molecular complexity index is 3420. The summed E-state index contributed by atoms with van der Waals surface area (Å²) in [7, 11) is 0. The van der Waals surface area contributed by atoms with Crippen molar-refractivity contribution in [1.29, 1.82) is 0 Å². The van der Waals surface area contributed by atoms with E-state index in [1.807, 2.05) is 42.5 Å². The van der Waals surface area contributed by atoms with Gasteiger partial charge >= 0.3 is 0 Å². The molecule has 0 aliphatic carbocycles. The first-order valence-corrected chi connectivity index (χ1v) is 18.3. The van der Waals surface area contributed by atoms with Crippen LogP contribution < -0.4 is 0 Å². The standard InChI is InChI=1S/C50H29N5/c1-51-33-25-27-36(48(30-33)55-46-23-10-5-17-39(46)41-28-26-34(52-2)31-49(41)55)32-13-11-14-35(29-32)53-43-20-7-6-18-40(43)42-19-12-24-47(50(42)53)54-44-21-8-3-15-37(44)38-16-4-9-22-45(38)54/h3-31H. The minimum atomic E-state index is 0.556. The molecule has 0 bridgehead atoms. The van der Waals surface area contributed by atoms with Crippen LogP contribution in [0.1, 0.15) is 0 Å². The zero-order valence-electron chi connectivity index (χ0n) is 29.5. The molecule has 55 heavy (non-hydrogen) atoms. The van der Waals surface area contributed by atoms with E-state index in [0.717, 1.165) is 61.0 Å². The summed E-state index contributed by atoms with van der Waals surface area (Å²) in [4.78, 5) is 7.63. The molecule has 254 valence electrons. The topological polar surface area (TPSA) is 23.5 Å². The highest BCUT2D eigenvalue weighted by Gasteiger charge is 2.21. The number of hydrogen-bond acceptors (Lipinski definition) is 0. The first-order chi connectivity index (χ1) is 27.2. The Kier molecular flexibility index (Phi) is 6.61. The minimum absolute atomic E-state index is 0.556. The van der Waals surface area contributed by atoms with E-state index in [-0.39, 0.29) is 0 Å². The van der Waals surface area contributed by atoms with Gasteiger partial charge < -0.3 is 13.7 Å². The van der Waals surface area contributed by atoms with E-state index in [4.69, 9.17) is 13.1 Å². The zero-order chi connectivity index (χ0) is 36.6. The predicted molar refractivity (Wildman–Crippen MR) is 227 cm³/mol. The van der Waals surface area contributed by atoms with Gasteiger partial charge in [0, 0.05) is 54.8 Å². The average Bonchev–Trinajstić information content (AvgIpc) is 3.89. The first kappa shape index (κ1) is 30.7. The van der Waals surface area contributed by atoms with Crippen LogP contribution in [0.2, 0.25) is 0 Å². The normalized spacial score (nSPS) is 11.6. The smallest absolute Gasteiger partial charge is 0.189 e. The van der Waals surface area contributed by atoms with Crippen LogP contribution in [0, 0.1) is 13.1 Å². The molecule has 0 unspecified atom stereocenters. The van der Waals surface area contributed by atoms with Gasteiger partial charge in [0.25, 0.3) is 0 Å². The van der Waals surface area contributed by atoms with Crippen molar-refractivity contribution in [3.63, 3.8) is 0 Å². The number of nitrogens with zero attached hydrogens (tertiary/aromatic N) is 5. The van der Waals surface area contributed by atoms with Crippen LogP contribution in [-0.2, 0) is 0 Å².